The maximum atomic E-state index is 12.9. The number of hydrogen-bond acceptors (Lipinski definition) is 12. The van der Waals surface area contributed by atoms with Gasteiger partial charge in [-0.1, -0.05) is 0 Å². The lowest BCUT2D eigenvalue weighted by atomic mass is 10.1. The van der Waals surface area contributed by atoms with Gasteiger partial charge in [0, 0.05) is 25.9 Å². The van der Waals surface area contributed by atoms with E-state index >= 15 is 0 Å². The molecule has 0 saturated carbocycles. The van der Waals surface area contributed by atoms with E-state index in [-0.39, 0.29) is 77.1 Å². The number of ether oxygens (including phenoxy) is 6. The highest BCUT2D eigenvalue weighted by Crippen LogP contribution is 2.18. The number of nitrogens with zero attached hydrogens (tertiary/aromatic N) is 1. The average molecular weight is 491 g/mol. The van der Waals surface area contributed by atoms with Crippen LogP contribution in [0.3, 0.4) is 0 Å². The Morgan fingerprint density at radius 2 is 1.03 bits per heavy atom. The van der Waals surface area contributed by atoms with Crippen molar-refractivity contribution >= 4 is 17.5 Å². The van der Waals surface area contributed by atoms with Crippen molar-refractivity contribution in [2.75, 3.05) is 52.7 Å². The van der Waals surface area contributed by atoms with Crippen LogP contribution in [0.4, 0.5) is 0 Å². The minimum atomic E-state index is -1.16. The SMILES string of the molecule is O=C(CCCN(CCCC(=O)C1OCC(CO)O1)C(=O)C1OCC(CO)O1)C1OCC(CO)O1. The van der Waals surface area contributed by atoms with Crippen LogP contribution in [-0.2, 0) is 42.8 Å². The van der Waals surface area contributed by atoms with Gasteiger partial charge in [0.05, 0.1) is 39.6 Å². The number of aliphatic hydroxyl groups excluding tert-OH is 3. The molecule has 34 heavy (non-hydrogen) atoms. The number of Topliss-reactive ketones (excluding diaryl/α,β-unsaturated/α-hetero) is 2. The fraction of sp³-hybridized carbons (Fsp3) is 0.857. The number of rotatable bonds is 14. The number of ketones is 2. The molecule has 0 radical (unpaired) electrons. The van der Waals surface area contributed by atoms with Crippen molar-refractivity contribution in [3.63, 3.8) is 0 Å². The lowest BCUT2D eigenvalue weighted by Crippen LogP contribution is -2.41. The molecular weight excluding hydrogens is 458 g/mol. The summed E-state index contributed by atoms with van der Waals surface area (Å²) in [6.07, 6.45) is -4.06. The van der Waals surface area contributed by atoms with Crippen LogP contribution in [0.1, 0.15) is 25.7 Å². The van der Waals surface area contributed by atoms with E-state index in [0.717, 1.165) is 0 Å². The van der Waals surface area contributed by atoms with Gasteiger partial charge < -0.3 is 48.6 Å². The third kappa shape index (κ3) is 7.47. The molecular formula is C21H33NO12. The number of carbonyl (C=O) groups excluding carboxylic acids is 3. The average Bonchev–Trinajstić information content (AvgIpc) is 3.62. The standard InChI is InChI=1S/C21H33NO12/c23-7-13-10-29-19(32-13)16(26)3-1-5-22(18(28)21-31-12-15(9-25)34-21)6-2-4-17(27)20-30-11-14(8-24)33-20/h13-15,19-21,23-25H,1-12H2. The molecule has 0 aromatic heterocycles. The smallest absolute Gasteiger partial charge is 0.279 e. The van der Waals surface area contributed by atoms with E-state index in [9.17, 15) is 19.5 Å². The van der Waals surface area contributed by atoms with Crippen LogP contribution in [0.5, 0.6) is 0 Å². The lowest BCUT2D eigenvalue weighted by molar-refractivity contribution is -0.162. The van der Waals surface area contributed by atoms with E-state index in [2.05, 4.69) is 0 Å². The molecule has 194 valence electrons. The Hall–Kier alpha value is -1.55. The largest absolute Gasteiger partial charge is 0.394 e. The second kappa shape index (κ2) is 13.5. The molecule has 3 aliphatic rings. The lowest BCUT2D eigenvalue weighted by Gasteiger charge is -2.25. The summed E-state index contributed by atoms with van der Waals surface area (Å²) in [6.45, 7) is 0.0115. The Balaban J connectivity index is 1.47. The summed E-state index contributed by atoms with van der Waals surface area (Å²) in [6, 6.07) is 0. The van der Waals surface area contributed by atoms with Crippen molar-refractivity contribution in [3.8, 4) is 0 Å². The molecule has 0 aromatic carbocycles. The molecule has 3 rings (SSSR count). The van der Waals surface area contributed by atoms with E-state index < -0.39 is 43.1 Å². The van der Waals surface area contributed by atoms with Crippen LogP contribution in [-0.4, -0.2) is 128 Å². The highest BCUT2D eigenvalue weighted by molar-refractivity contribution is 5.83. The summed E-state index contributed by atoms with van der Waals surface area (Å²) >= 11 is 0. The van der Waals surface area contributed by atoms with Crippen LogP contribution in [0, 0.1) is 0 Å². The molecule has 0 spiro atoms. The van der Waals surface area contributed by atoms with Crippen molar-refractivity contribution in [2.45, 2.75) is 62.9 Å². The van der Waals surface area contributed by atoms with E-state index in [0.29, 0.717) is 12.8 Å². The van der Waals surface area contributed by atoms with E-state index in [4.69, 9.17) is 38.6 Å². The predicted molar refractivity (Wildman–Crippen MR) is 110 cm³/mol. The van der Waals surface area contributed by atoms with Crippen molar-refractivity contribution in [1.82, 2.24) is 4.90 Å². The van der Waals surface area contributed by atoms with Gasteiger partial charge in [0.25, 0.3) is 5.91 Å². The topological polar surface area (TPSA) is 171 Å². The first-order valence-corrected chi connectivity index (χ1v) is 11.4. The van der Waals surface area contributed by atoms with Crippen LogP contribution in [0.25, 0.3) is 0 Å². The van der Waals surface area contributed by atoms with Gasteiger partial charge in [0.2, 0.25) is 18.9 Å². The van der Waals surface area contributed by atoms with Crippen molar-refractivity contribution in [2.24, 2.45) is 0 Å². The number of aliphatic hydroxyl groups is 3. The summed E-state index contributed by atoms with van der Waals surface area (Å²) in [5.41, 5.74) is 0. The molecule has 13 heteroatoms. The Kier molecular flexibility index (Phi) is 10.8. The zero-order valence-corrected chi connectivity index (χ0v) is 18.9. The van der Waals surface area contributed by atoms with Crippen LogP contribution in [0.2, 0.25) is 0 Å². The maximum absolute atomic E-state index is 12.9. The zero-order chi connectivity index (χ0) is 24.5. The molecule has 6 atom stereocenters. The number of hydrogen-bond donors (Lipinski definition) is 3. The quantitative estimate of drug-likeness (QED) is 0.238. The van der Waals surface area contributed by atoms with Gasteiger partial charge >= 0.3 is 0 Å². The fourth-order valence-corrected chi connectivity index (χ4v) is 3.70. The van der Waals surface area contributed by atoms with Crippen LogP contribution in [0.15, 0.2) is 0 Å². The molecule has 1 amide bonds. The maximum Gasteiger partial charge on any atom is 0.279 e. The fourth-order valence-electron chi connectivity index (χ4n) is 3.70. The molecule has 0 bridgehead atoms. The first-order valence-electron chi connectivity index (χ1n) is 11.4. The normalized spacial score (nSPS) is 31.1. The van der Waals surface area contributed by atoms with E-state index in [1.54, 1.807) is 0 Å². The van der Waals surface area contributed by atoms with Gasteiger partial charge in [-0.25, -0.2) is 0 Å². The minimum absolute atomic E-state index is 0.0858. The van der Waals surface area contributed by atoms with Gasteiger partial charge in [0.15, 0.2) is 11.6 Å². The van der Waals surface area contributed by atoms with Crippen LogP contribution < -0.4 is 0 Å². The van der Waals surface area contributed by atoms with E-state index in [1.807, 2.05) is 0 Å². The van der Waals surface area contributed by atoms with Crippen molar-refractivity contribution in [1.29, 1.82) is 0 Å². The highest BCUT2D eigenvalue weighted by Gasteiger charge is 2.35. The zero-order valence-electron chi connectivity index (χ0n) is 18.9. The summed E-state index contributed by atoms with van der Waals surface area (Å²) in [5, 5.41) is 27.4. The summed E-state index contributed by atoms with van der Waals surface area (Å²) in [7, 11) is 0. The Morgan fingerprint density at radius 1 is 0.647 bits per heavy atom. The molecule has 0 aromatic rings. The Morgan fingerprint density at radius 3 is 1.41 bits per heavy atom. The second-order valence-corrected chi connectivity index (χ2v) is 8.28. The van der Waals surface area contributed by atoms with Gasteiger partial charge in [-0.15, -0.1) is 0 Å². The minimum Gasteiger partial charge on any atom is -0.394 e. The Bertz CT molecular complexity index is 651. The highest BCUT2D eigenvalue weighted by atomic mass is 16.7. The van der Waals surface area contributed by atoms with Gasteiger partial charge in [-0.3, -0.25) is 14.4 Å². The molecule has 6 unspecified atom stereocenters. The molecule has 3 aliphatic heterocycles. The molecule has 0 aliphatic carbocycles. The first-order chi connectivity index (χ1) is 16.4. The summed E-state index contributed by atoms with van der Waals surface area (Å²) < 4.78 is 31.8. The first kappa shape index (κ1) is 27.0. The molecule has 3 fully saturated rings. The predicted octanol–water partition coefficient (Wildman–Crippen LogP) is -2.28. The van der Waals surface area contributed by atoms with E-state index in [1.165, 1.54) is 4.90 Å². The van der Waals surface area contributed by atoms with Gasteiger partial charge in [-0.05, 0) is 12.8 Å². The van der Waals surface area contributed by atoms with Crippen molar-refractivity contribution < 1.29 is 58.1 Å². The second-order valence-electron chi connectivity index (χ2n) is 8.28. The molecule has 3 saturated heterocycles. The Labute approximate surface area is 196 Å². The number of amides is 1. The van der Waals surface area contributed by atoms with Crippen LogP contribution >= 0.6 is 0 Å². The van der Waals surface area contributed by atoms with Crippen molar-refractivity contribution in [3.05, 3.63) is 0 Å². The third-order valence-corrected chi connectivity index (χ3v) is 5.60. The summed E-state index contributed by atoms with van der Waals surface area (Å²) in [5.74, 6) is -1.04. The third-order valence-electron chi connectivity index (χ3n) is 5.60. The molecule has 3 heterocycles. The monoisotopic (exact) mass is 491 g/mol. The summed E-state index contributed by atoms with van der Waals surface area (Å²) in [4.78, 5) is 38.9. The van der Waals surface area contributed by atoms with Gasteiger partial charge in [-0.2, -0.15) is 0 Å². The number of carbonyl (C=O) groups is 3. The van der Waals surface area contributed by atoms with Gasteiger partial charge in [0.1, 0.15) is 18.3 Å². The molecule has 13 nitrogen and oxygen atoms in total. The molecule has 3 N–H and O–H groups in total.